The third kappa shape index (κ3) is 1.15. The number of nitrogens with zero attached hydrogens (tertiary/aromatic N) is 4. The molecule has 74 valence electrons. The first-order valence-corrected chi connectivity index (χ1v) is 4.76. The van der Waals surface area contributed by atoms with Gasteiger partial charge in [-0.25, -0.2) is 0 Å². The van der Waals surface area contributed by atoms with Crippen LogP contribution in [-0.2, 0) is 0 Å². The minimum absolute atomic E-state index is 0.892. The second kappa shape index (κ2) is 2.95. The zero-order valence-electron chi connectivity index (χ0n) is 8.33. The van der Waals surface area contributed by atoms with Crippen LogP contribution in [0.2, 0.25) is 0 Å². The van der Waals surface area contributed by atoms with Crippen molar-refractivity contribution in [2.75, 3.05) is 12.1 Å². The number of anilines is 1. The molecule has 4 nitrogen and oxygen atoms in total. The molecule has 1 aliphatic rings. The minimum Gasteiger partial charge on any atom is -0.282 e. The van der Waals surface area contributed by atoms with Crippen molar-refractivity contribution in [1.29, 1.82) is 0 Å². The van der Waals surface area contributed by atoms with Crippen LogP contribution in [0.3, 0.4) is 0 Å². The third-order valence-electron chi connectivity index (χ3n) is 2.54. The fourth-order valence-corrected chi connectivity index (χ4v) is 1.76. The Morgan fingerprint density at radius 2 is 2.20 bits per heavy atom. The summed E-state index contributed by atoms with van der Waals surface area (Å²) in [5.74, 6) is 0. The monoisotopic (exact) mass is 198 g/mol. The predicted octanol–water partition coefficient (Wildman–Crippen LogP) is 1.85. The Labute approximate surface area is 87.5 Å². The van der Waals surface area contributed by atoms with Gasteiger partial charge in [-0.2, -0.15) is 0 Å². The van der Waals surface area contributed by atoms with Crippen LogP contribution in [-0.4, -0.2) is 22.9 Å². The van der Waals surface area contributed by atoms with E-state index in [1.807, 2.05) is 37.7 Å². The maximum atomic E-state index is 4.40. The highest BCUT2D eigenvalue weighted by Crippen LogP contribution is 2.29. The molecule has 0 bridgehead atoms. The molecule has 2 aromatic heterocycles. The van der Waals surface area contributed by atoms with Crippen molar-refractivity contribution >= 4 is 17.6 Å². The van der Waals surface area contributed by atoms with Gasteiger partial charge in [-0.1, -0.05) is 0 Å². The van der Waals surface area contributed by atoms with Gasteiger partial charge in [0.05, 0.1) is 23.8 Å². The van der Waals surface area contributed by atoms with E-state index in [0.717, 1.165) is 17.1 Å². The lowest BCUT2D eigenvalue weighted by Crippen LogP contribution is -2.24. The number of rotatable bonds is 0. The van der Waals surface area contributed by atoms with Crippen molar-refractivity contribution < 1.29 is 0 Å². The van der Waals surface area contributed by atoms with Crippen LogP contribution >= 0.6 is 0 Å². The Morgan fingerprint density at radius 1 is 1.27 bits per heavy atom. The maximum absolute atomic E-state index is 4.40. The molecule has 0 spiro atoms. The van der Waals surface area contributed by atoms with Crippen LogP contribution < -0.4 is 5.01 Å². The van der Waals surface area contributed by atoms with Gasteiger partial charge in [-0.3, -0.25) is 19.7 Å². The molecule has 0 N–H and O–H groups in total. The standard InChI is InChI=1S/C11H10N4/c1-14-11-4-5-12-8-10(11)13-7-9-3-2-6-15(9)14/h2-8H,1H3. The number of aromatic nitrogens is 2. The van der Waals surface area contributed by atoms with Gasteiger partial charge in [0.25, 0.3) is 0 Å². The quantitative estimate of drug-likeness (QED) is 0.647. The summed E-state index contributed by atoms with van der Waals surface area (Å²) in [6.07, 6.45) is 7.41. The van der Waals surface area contributed by atoms with E-state index in [0.29, 0.717) is 0 Å². The van der Waals surface area contributed by atoms with E-state index in [1.54, 1.807) is 12.4 Å². The summed E-state index contributed by atoms with van der Waals surface area (Å²) in [5, 5.41) is 2.05. The fraction of sp³-hybridized carbons (Fsp3) is 0.0909. The Hall–Kier alpha value is -2.10. The lowest BCUT2D eigenvalue weighted by molar-refractivity contribution is 0.778. The summed E-state index contributed by atoms with van der Waals surface area (Å²) in [6, 6.07) is 5.99. The van der Waals surface area contributed by atoms with Crippen molar-refractivity contribution in [3.05, 3.63) is 42.5 Å². The second-order valence-electron chi connectivity index (χ2n) is 3.42. The van der Waals surface area contributed by atoms with Crippen LogP contribution in [0.15, 0.2) is 41.8 Å². The Balaban J connectivity index is 2.26. The molecule has 3 heterocycles. The molecule has 0 atom stereocenters. The summed E-state index contributed by atoms with van der Waals surface area (Å²) in [4.78, 5) is 8.47. The zero-order chi connectivity index (χ0) is 10.3. The van der Waals surface area contributed by atoms with Gasteiger partial charge in [0.15, 0.2) is 0 Å². The molecule has 0 saturated heterocycles. The molecule has 0 fully saturated rings. The van der Waals surface area contributed by atoms with Crippen molar-refractivity contribution in [3.63, 3.8) is 0 Å². The van der Waals surface area contributed by atoms with E-state index in [9.17, 15) is 0 Å². The summed E-state index contributed by atoms with van der Waals surface area (Å²) < 4.78 is 2.05. The smallest absolute Gasteiger partial charge is 0.106 e. The van der Waals surface area contributed by atoms with E-state index in [4.69, 9.17) is 0 Å². The lowest BCUT2D eigenvalue weighted by atomic mass is 10.3. The Kier molecular flexibility index (Phi) is 1.62. The molecule has 0 radical (unpaired) electrons. The Morgan fingerprint density at radius 3 is 3.13 bits per heavy atom. The third-order valence-corrected chi connectivity index (χ3v) is 2.54. The van der Waals surface area contributed by atoms with E-state index in [-0.39, 0.29) is 0 Å². The number of fused-ring (bicyclic) bond motifs is 2. The number of pyridine rings is 1. The van der Waals surface area contributed by atoms with Crippen LogP contribution in [0.5, 0.6) is 0 Å². The normalized spacial score (nSPS) is 13.3. The van der Waals surface area contributed by atoms with Crippen molar-refractivity contribution in [2.45, 2.75) is 0 Å². The summed E-state index contributed by atoms with van der Waals surface area (Å²) in [6.45, 7) is 0. The maximum Gasteiger partial charge on any atom is 0.106 e. The number of aliphatic imine (C=N–C) groups is 1. The molecule has 4 heteroatoms. The molecular formula is C11H10N4. The highest BCUT2D eigenvalue weighted by molar-refractivity contribution is 5.85. The molecular weight excluding hydrogens is 188 g/mol. The fourth-order valence-electron chi connectivity index (χ4n) is 1.76. The molecule has 0 saturated carbocycles. The van der Waals surface area contributed by atoms with E-state index in [1.165, 1.54) is 0 Å². The summed E-state index contributed by atoms with van der Waals surface area (Å²) in [7, 11) is 2.01. The van der Waals surface area contributed by atoms with Gasteiger partial charge in [0, 0.05) is 19.4 Å². The summed E-state index contributed by atoms with van der Waals surface area (Å²) in [5.41, 5.74) is 3.01. The molecule has 15 heavy (non-hydrogen) atoms. The largest absolute Gasteiger partial charge is 0.282 e. The highest BCUT2D eigenvalue weighted by Gasteiger charge is 2.13. The van der Waals surface area contributed by atoms with Crippen LogP contribution in [0.1, 0.15) is 5.69 Å². The van der Waals surface area contributed by atoms with Crippen LogP contribution in [0.4, 0.5) is 11.4 Å². The average molecular weight is 198 g/mol. The molecule has 3 rings (SSSR count). The van der Waals surface area contributed by atoms with Crippen LogP contribution in [0.25, 0.3) is 0 Å². The predicted molar refractivity (Wildman–Crippen MR) is 59.7 cm³/mol. The zero-order valence-corrected chi connectivity index (χ0v) is 8.33. The van der Waals surface area contributed by atoms with Crippen LogP contribution in [0, 0.1) is 0 Å². The van der Waals surface area contributed by atoms with Gasteiger partial charge >= 0.3 is 0 Å². The van der Waals surface area contributed by atoms with Gasteiger partial charge in [-0.15, -0.1) is 0 Å². The molecule has 0 unspecified atom stereocenters. The molecule has 2 aromatic rings. The van der Waals surface area contributed by atoms with Crippen molar-refractivity contribution in [2.24, 2.45) is 4.99 Å². The number of hydrogen-bond donors (Lipinski definition) is 0. The lowest BCUT2D eigenvalue weighted by Gasteiger charge is -2.21. The second-order valence-corrected chi connectivity index (χ2v) is 3.42. The first kappa shape index (κ1) is 8.23. The molecule has 0 aliphatic carbocycles. The van der Waals surface area contributed by atoms with E-state index < -0.39 is 0 Å². The topological polar surface area (TPSA) is 33.4 Å². The molecule has 0 amide bonds. The minimum atomic E-state index is 0.892. The van der Waals surface area contributed by atoms with E-state index >= 15 is 0 Å². The first-order valence-electron chi connectivity index (χ1n) is 4.76. The summed E-state index contributed by atoms with van der Waals surface area (Å²) >= 11 is 0. The average Bonchev–Trinajstić information content (AvgIpc) is 2.69. The van der Waals surface area contributed by atoms with Gasteiger partial charge in [-0.05, 0) is 18.2 Å². The van der Waals surface area contributed by atoms with Gasteiger partial charge < -0.3 is 0 Å². The molecule has 1 aliphatic heterocycles. The first-order chi connectivity index (χ1) is 7.36. The van der Waals surface area contributed by atoms with Crippen molar-refractivity contribution in [1.82, 2.24) is 9.66 Å². The number of hydrogen-bond acceptors (Lipinski definition) is 3. The molecule has 0 aromatic carbocycles. The van der Waals surface area contributed by atoms with Gasteiger partial charge in [0.1, 0.15) is 5.69 Å². The highest BCUT2D eigenvalue weighted by atomic mass is 15.5. The van der Waals surface area contributed by atoms with Crippen molar-refractivity contribution in [3.8, 4) is 0 Å². The Bertz CT molecular complexity index is 527. The van der Waals surface area contributed by atoms with Gasteiger partial charge in [0.2, 0.25) is 0 Å². The van der Waals surface area contributed by atoms with E-state index in [2.05, 4.69) is 19.7 Å². The SMILES string of the molecule is CN1c2ccncc2N=Cc2cccn21.